The minimum atomic E-state index is -0.431. The van der Waals surface area contributed by atoms with Gasteiger partial charge in [0, 0.05) is 40.2 Å². The zero-order chi connectivity index (χ0) is 18.3. The summed E-state index contributed by atoms with van der Waals surface area (Å²) in [6.07, 6.45) is 3.36. The number of H-pyrrole nitrogens is 1. The van der Waals surface area contributed by atoms with Crippen molar-refractivity contribution < 1.29 is 9.18 Å². The number of anilines is 1. The van der Waals surface area contributed by atoms with Crippen molar-refractivity contribution in [3.63, 3.8) is 0 Å². The molecule has 0 fully saturated rings. The van der Waals surface area contributed by atoms with E-state index in [4.69, 9.17) is 5.73 Å². The van der Waals surface area contributed by atoms with Crippen LogP contribution in [0.1, 0.15) is 21.5 Å². The van der Waals surface area contributed by atoms with Crippen molar-refractivity contribution in [3.8, 4) is 11.1 Å². The minimum absolute atomic E-state index is 0.232. The van der Waals surface area contributed by atoms with Crippen LogP contribution in [0.4, 0.5) is 10.1 Å². The number of nitrogen functional groups attached to an aromatic ring is 1. The summed E-state index contributed by atoms with van der Waals surface area (Å²) in [6.45, 7) is 1.79. The third kappa shape index (κ3) is 2.73. The molecule has 0 aliphatic heterocycles. The van der Waals surface area contributed by atoms with Crippen LogP contribution in [0.5, 0.6) is 0 Å². The lowest BCUT2D eigenvalue weighted by Crippen LogP contribution is -2.03. The Balaban J connectivity index is 1.83. The van der Waals surface area contributed by atoms with Crippen LogP contribution in [-0.4, -0.2) is 15.8 Å². The molecule has 0 amide bonds. The van der Waals surface area contributed by atoms with E-state index < -0.39 is 5.82 Å². The van der Waals surface area contributed by atoms with Crippen molar-refractivity contribution in [3.05, 3.63) is 83.4 Å². The molecule has 0 bridgehead atoms. The Hall–Kier alpha value is -3.47. The monoisotopic (exact) mass is 345 g/mol. The molecule has 3 N–H and O–H groups in total. The van der Waals surface area contributed by atoms with Crippen molar-refractivity contribution in [1.82, 2.24) is 9.97 Å². The van der Waals surface area contributed by atoms with Crippen molar-refractivity contribution in [2.45, 2.75) is 6.92 Å². The second kappa shape index (κ2) is 6.11. The summed E-state index contributed by atoms with van der Waals surface area (Å²) in [5.41, 5.74) is 10.4. The summed E-state index contributed by atoms with van der Waals surface area (Å²) < 4.78 is 13.6. The summed E-state index contributed by atoms with van der Waals surface area (Å²) in [6, 6.07) is 13.6. The number of hydrogen-bond acceptors (Lipinski definition) is 3. The highest BCUT2D eigenvalue weighted by Crippen LogP contribution is 2.27. The van der Waals surface area contributed by atoms with Gasteiger partial charge < -0.3 is 10.7 Å². The molecule has 0 saturated carbocycles. The summed E-state index contributed by atoms with van der Waals surface area (Å²) in [7, 11) is 0. The van der Waals surface area contributed by atoms with E-state index in [1.165, 1.54) is 12.1 Å². The second-order valence-electron chi connectivity index (χ2n) is 6.23. The zero-order valence-corrected chi connectivity index (χ0v) is 14.1. The largest absolute Gasteiger partial charge is 0.399 e. The van der Waals surface area contributed by atoms with Gasteiger partial charge in [0.1, 0.15) is 11.5 Å². The summed E-state index contributed by atoms with van der Waals surface area (Å²) in [4.78, 5) is 20.4. The number of halogens is 1. The quantitative estimate of drug-likeness (QED) is 0.424. The van der Waals surface area contributed by atoms with Gasteiger partial charge in [-0.3, -0.25) is 4.79 Å². The Labute approximate surface area is 149 Å². The Kier molecular flexibility index (Phi) is 3.77. The zero-order valence-electron chi connectivity index (χ0n) is 14.1. The number of carbonyl (C=O) groups is 1. The van der Waals surface area contributed by atoms with Crippen LogP contribution < -0.4 is 5.73 Å². The number of rotatable bonds is 3. The van der Waals surface area contributed by atoms with Gasteiger partial charge in [-0.15, -0.1) is 0 Å². The fourth-order valence-corrected chi connectivity index (χ4v) is 3.01. The highest BCUT2D eigenvalue weighted by molar-refractivity contribution is 6.16. The van der Waals surface area contributed by atoms with E-state index in [1.54, 1.807) is 25.4 Å². The van der Waals surface area contributed by atoms with Gasteiger partial charge in [-0.2, -0.15) is 0 Å². The number of aromatic nitrogens is 2. The summed E-state index contributed by atoms with van der Waals surface area (Å²) in [5.74, 6) is -0.663. The van der Waals surface area contributed by atoms with Crippen molar-refractivity contribution in [1.29, 1.82) is 0 Å². The normalized spacial score (nSPS) is 11.0. The van der Waals surface area contributed by atoms with Crippen LogP contribution in [0.3, 0.4) is 0 Å². The molecule has 2 aromatic heterocycles. The van der Waals surface area contributed by atoms with Crippen LogP contribution in [0.25, 0.3) is 22.2 Å². The smallest absolute Gasteiger partial charge is 0.195 e. The van der Waals surface area contributed by atoms with Gasteiger partial charge in [0.05, 0.1) is 0 Å². The van der Waals surface area contributed by atoms with Crippen molar-refractivity contribution in [2.75, 3.05) is 5.73 Å². The topological polar surface area (TPSA) is 71.8 Å². The summed E-state index contributed by atoms with van der Waals surface area (Å²) >= 11 is 0. The van der Waals surface area contributed by atoms with E-state index in [0.29, 0.717) is 27.8 Å². The molecule has 0 saturated heterocycles. The Bertz CT molecular complexity index is 1130. The maximum Gasteiger partial charge on any atom is 0.195 e. The lowest BCUT2D eigenvalue weighted by Gasteiger charge is -2.06. The van der Waals surface area contributed by atoms with E-state index in [0.717, 1.165) is 16.7 Å². The number of nitrogens with two attached hydrogens (primary N) is 1. The molecule has 2 heterocycles. The lowest BCUT2D eigenvalue weighted by molar-refractivity contribution is 0.103. The number of ketones is 1. The fraction of sp³-hybridized carbons (Fsp3) is 0.0476. The number of carbonyl (C=O) groups excluding carboxylic acids is 1. The standard InChI is InChI=1S/C21H16FN3O/c1-12-2-5-15(22)9-17(12)20(26)19-11-25-21-18(19)8-14(10-24-21)13-3-6-16(23)7-4-13/h2-11H,23H2,1H3,(H,24,25). The van der Waals surface area contributed by atoms with Crippen LogP contribution in [0.2, 0.25) is 0 Å². The molecular formula is C21H16FN3O. The molecule has 128 valence electrons. The predicted molar refractivity (Wildman–Crippen MR) is 101 cm³/mol. The Morgan fingerprint density at radius 2 is 1.81 bits per heavy atom. The number of nitrogens with one attached hydrogen (secondary N) is 1. The SMILES string of the molecule is Cc1ccc(F)cc1C(=O)c1c[nH]c2ncc(-c3ccc(N)cc3)cc12. The molecular weight excluding hydrogens is 329 g/mol. The van der Waals surface area contributed by atoms with Gasteiger partial charge in [-0.25, -0.2) is 9.37 Å². The third-order valence-electron chi connectivity index (χ3n) is 4.46. The number of aryl methyl sites for hydroxylation is 1. The van der Waals surface area contributed by atoms with E-state index in [1.807, 2.05) is 30.3 Å². The van der Waals surface area contributed by atoms with Gasteiger partial charge >= 0.3 is 0 Å². The molecule has 0 spiro atoms. The molecule has 0 atom stereocenters. The van der Waals surface area contributed by atoms with Crippen molar-refractivity contribution in [2.24, 2.45) is 0 Å². The fourth-order valence-electron chi connectivity index (χ4n) is 3.01. The molecule has 0 aliphatic rings. The van der Waals surface area contributed by atoms with E-state index in [9.17, 15) is 9.18 Å². The molecule has 5 heteroatoms. The number of nitrogens with zero attached hydrogens (tertiary/aromatic N) is 1. The number of pyridine rings is 1. The number of benzene rings is 2. The first-order valence-corrected chi connectivity index (χ1v) is 8.17. The van der Waals surface area contributed by atoms with E-state index >= 15 is 0 Å². The number of hydrogen-bond donors (Lipinski definition) is 2. The molecule has 26 heavy (non-hydrogen) atoms. The maximum absolute atomic E-state index is 13.6. The van der Waals surface area contributed by atoms with Gasteiger partial charge in [0.15, 0.2) is 5.78 Å². The Morgan fingerprint density at radius 1 is 1.04 bits per heavy atom. The number of aromatic amines is 1. The molecule has 4 rings (SSSR count). The van der Waals surface area contributed by atoms with Crippen LogP contribution in [0.15, 0.2) is 60.9 Å². The average Bonchev–Trinajstić information content (AvgIpc) is 3.07. The molecule has 0 aliphatic carbocycles. The van der Waals surface area contributed by atoms with Gasteiger partial charge in [-0.1, -0.05) is 18.2 Å². The maximum atomic E-state index is 13.6. The minimum Gasteiger partial charge on any atom is -0.399 e. The lowest BCUT2D eigenvalue weighted by atomic mass is 9.98. The van der Waals surface area contributed by atoms with E-state index in [-0.39, 0.29) is 5.78 Å². The first kappa shape index (κ1) is 16.0. The average molecular weight is 345 g/mol. The first-order chi connectivity index (χ1) is 12.5. The van der Waals surface area contributed by atoms with Gasteiger partial charge in [-0.05, 0) is 48.4 Å². The first-order valence-electron chi connectivity index (χ1n) is 8.17. The van der Waals surface area contributed by atoms with Crippen LogP contribution in [-0.2, 0) is 0 Å². The molecule has 4 aromatic rings. The molecule has 0 unspecified atom stereocenters. The number of fused-ring (bicyclic) bond motifs is 1. The predicted octanol–water partition coefficient (Wildman–Crippen LogP) is 4.49. The van der Waals surface area contributed by atoms with Gasteiger partial charge in [0.2, 0.25) is 0 Å². The van der Waals surface area contributed by atoms with Crippen LogP contribution in [0, 0.1) is 12.7 Å². The van der Waals surface area contributed by atoms with Gasteiger partial charge in [0.25, 0.3) is 0 Å². The molecule has 2 aromatic carbocycles. The Morgan fingerprint density at radius 3 is 2.58 bits per heavy atom. The van der Waals surface area contributed by atoms with Crippen molar-refractivity contribution >= 4 is 22.5 Å². The highest BCUT2D eigenvalue weighted by atomic mass is 19.1. The third-order valence-corrected chi connectivity index (χ3v) is 4.46. The van der Waals surface area contributed by atoms with Crippen LogP contribution >= 0.6 is 0 Å². The second-order valence-corrected chi connectivity index (χ2v) is 6.23. The highest BCUT2D eigenvalue weighted by Gasteiger charge is 2.18. The summed E-state index contributed by atoms with van der Waals surface area (Å²) in [5, 5.41) is 0.702. The van der Waals surface area contributed by atoms with E-state index in [2.05, 4.69) is 9.97 Å². The molecule has 0 radical (unpaired) electrons. The molecule has 4 nitrogen and oxygen atoms in total.